The predicted molar refractivity (Wildman–Crippen MR) is 99.2 cm³/mol. The molecule has 2 aliphatic heterocycles. The molecular formula is C21H20N2O4. The number of nitrogens with zero attached hydrogens (tertiary/aromatic N) is 1. The smallest absolute Gasteiger partial charge is 0.339 e. The number of carbonyl (C=O) groups is 3. The fourth-order valence-corrected chi connectivity index (χ4v) is 3.50. The van der Waals surface area contributed by atoms with Crippen LogP contribution in [0.3, 0.4) is 0 Å². The Morgan fingerprint density at radius 1 is 1.11 bits per heavy atom. The Morgan fingerprint density at radius 3 is 2.63 bits per heavy atom. The highest BCUT2D eigenvalue weighted by atomic mass is 16.5. The highest BCUT2D eigenvalue weighted by Gasteiger charge is 2.30. The molecule has 1 saturated heterocycles. The van der Waals surface area contributed by atoms with Gasteiger partial charge in [0.05, 0.1) is 5.56 Å². The number of cyclic esters (lactones) is 1. The average molecular weight is 364 g/mol. The lowest BCUT2D eigenvalue weighted by Crippen LogP contribution is -2.41. The van der Waals surface area contributed by atoms with Crippen molar-refractivity contribution >= 4 is 23.5 Å². The number of amides is 2. The summed E-state index contributed by atoms with van der Waals surface area (Å²) < 4.78 is 5.27. The van der Waals surface area contributed by atoms with Gasteiger partial charge in [0.1, 0.15) is 0 Å². The van der Waals surface area contributed by atoms with Gasteiger partial charge in [0.25, 0.3) is 5.91 Å². The molecule has 1 N–H and O–H groups in total. The van der Waals surface area contributed by atoms with E-state index >= 15 is 0 Å². The van der Waals surface area contributed by atoms with E-state index in [-0.39, 0.29) is 11.8 Å². The standard InChI is InChI=1S/C21H20N2O4/c24-19-6-3-11-23(19)16-9-7-14(8-10-16)13-22-20(25)18-12-15-4-1-2-5-17(15)21(26)27-18/h1-2,4-5,7-10,18H,3,6,11-13H2,(H,22,25)/t18-/m1/s1. The van der Waals surface area contributed by atoms with Crippen molar-refractivity contribution in [1.82, 2.24) is 5.32 Å². The number of ether oxygens (including phenoxy) is 1. The van der Waals surface area contributed by atoms with Gasteiger partial charge in [0, 0.05) is 31.6 Å². The van der Waals surface area contributed by atoms with E-state index in [2.05, 4.69) is 5.32 Å². The van der Waals surface area contributed by atoms with Gasteiger partial charge in [-0.15, -0.1) is 0 Å². The molecule has 2 heterocycles. The molecule has 6 nitrogen and oxygen atoms in total. The summed E-state index contributed by atoms with van der Waals surface area (Å²) in [5.41, 5.74) is 3.15. The minimum absolute atomic E-state index is 0.149. The Kier molecular flexibility index (Phi) is 4.62. The van der Waals surface area contributed by atoms with Gasteiger partial charge in [-0.2, -0.15) is 0 Å². The molecular weight excluding hydrogens is 344 g/mol. The van der Waals surface area contributed by atoms with Crippen LogP contribution in [0.25, 0.3) is 0 Å². The first-order valence-electron chi connectivity index (χ1n) is 9.08. The van der Waals surface area contributed by atoms with Crippen LogP contribution in [-0.2, 0) is 27.3 Å². The van der Waals surface area contributed by atoms with Crippen molar-refractivity contribution in [3.05, 3.63) is 65.2 Å². The normalized spacial score (nSPS) is 18.8. The third-order valence-corrected chi connectivity index (χ3v) is 4.97. The van der Waals surface area contributed by atoms with E-state index in [1.54, 1.807) is 17.0 Å². The third kappa shape index (κ3) is 3.56. The van der Waals surface area contributed by atoms with E-state index < -0.39 is 12.1 Å². The molecule has 0 unspecified atom stereocenters. The van der Waals surface area contributed by atoms with Crippen molar-refractivity contribution in [2.75, 3.05) is 11.4 Å². The Morgan fingerprint density at radius 2 is 1.89 bits per heavy atom. The molecule has 0 aromatic heterocycles. The summed E-state index contributed by atoms with van der Waals surface area (Å²) in [5.74, 6) is -0.622. The molecule has 1 fully saturated rings. The van der Waals surface area contributed by atoms with Crippen LogP contribution in [0.4, 0.5) is 5.69 Å². The Balaban J connectivity index is 1.36. The SMILES string of the molecule is O=C1O[C@@H](C(=O)NCc2ccc(N3CCCC3=O)cc2)Cc2ccccc21. The highest BCUT2D eigenvalue weighted by Crippen LogP contribution is 2.22. The fourth-order valence-electron chi connectivity index (χ4n) is 3.50. The molecule has 0 aliphatic carbocycles. The number of fused-ring (bicyclic) bond motifs is 1. The van der Waals surface area contributed by atoms with Crippen LogP contribution in [0.1, 0.15) is 34.3 Å². The predicted octanol–water partition coefficient (Wildman–Crippen LogP) is 2.21. The van der Waals surface area contributed by atoms with E-state index in [1.807, 2.05) is 36.4 Å². The van der Waals surface area contributed by atoms with E-state index in [9.17, 15) is 14.4 Å². The maximum atomic E-state index is 12.4. The van der Waals surface area contributed by atoms with Gasteiger partial charge in [-0.25, -0.2) is 4.79 Å². The summed E-state index contributed by atoms with van der Waals surface area (Å²) in [6.07, 6.45) is 1.05. The van der Waals surface area contributed by atoms with Gasteiger partial charge >= 0.3 is 5.97 Å². The molecule has 1 atom stereocenters. The second-order valence-electron chi connectivity index (χ2n) is 6.79. The van der Waals surface area contributed by atoms with Crippen molar-refractivity contribution in [3.63, 3.8) is 0 Å². The second kappa shape index (κ2) is 7.23. The minimum atomic E-state index is -0.811. The number of hydrogen-bond acceptors (Lipinski definition) is 4. The zero-order valence-corrected chi connectivity index (χ0v) is 14.8. The molecule has 0 bridgehead atoms. The first-order chi connectivity index (χ1) is 13.1. The molecule has 2 aliphatic rings. The largest absolute Gasteiger partial charge is 0.448 e. The first kappa shape index (κ1) is 17.3. The van der Waals surface area contributed by atoms with Gasteiger partial charge in [0.2, 0.25) is 5.91 Å². The quantitative estimate of drug-likeness (QED) is 0.844. The van der Waals surface area contributed by atoms with Crippen LogP contribution < -0.4 is 10.2 Å². The highest BCUT2D eigenvalue weighted by molar-refractivity contribution is 5.96. The van der Waals surface area contributed by atoms with Gasteiger partial charge in [-0.05, 0) is 35.7 Å². The summed E-state index contributed by atoms with van der Waals surface area (Å²) in [5, 5.41) is 2.82. The molecule has 6 heteroatoms. The Hall–Kier alpha value is -3.15. The fraction of sp³-hybridized carbons (Fsp3) is 0.286. The minimum Gasteiger partial charge on any atom is -0.448 e. The van der Waals surface area contributed by atoms with E-state index in [4.69, 9.17) is 4.74 Å². The Bertz CT molecular complexity index is 891. The van der Waals surface area contributed by atoms with Gasteiger partial charge < -0.3 is 15.0 Å². The number of anilines is 1. The van der Waals surface area contributed by atoms with E-state index in [1.165, 1.54) is 0 Å². The maximum Gasteiger partial charge on any atom is 0.339 e. The third-order valence-electron chi connectivity index (χ3n) is 4.97. The zero-order valence-electron chi connectivity index (χ0n) is 14.8. The van der Waals surface area contributed by atoms with Gasteiger partial charge in [-0.3, -0.25) is 9.59 Å². The summed E-state index contributed by atoms with van der Waals surface area (Å²) in [4.78, 5) is 38.0. The number of rotatable bonds is 4. The lowest BCUT2D eigenvalue weighted by atomic mass is 9.98. The lowest BCUT2D eigenvalue weighted by molar-refractivity contribution is -0.130. The molecule has 2 amide bonds. The number of carbonyl (C=O) groups excluding carboxylic acids is 3. The van der Waals surface area contributed by atoms with Crippen LogP contribution in [-0.4, -0.2) is 30.4 Å². The molecule has 4 rings (SSSR count). The number of benzene rings is 2. The summed E-state index contributed by atoms with van der Waals surface area (Å²) in [7, 11) is 0. The van der Waals surface area contributed by atoms with E-state index in [0.29, 0.717) is 24.9 Å². The number of nitrogens with one attached hydrogen (secondary N) is 1. The number of esters is 1. The number of hydrogen-bond donors (Lipinski definition) is 1. The first-order valence-corrected chi connectivity index (χ1v) is 9.08. The topological polar surface area (TPSA) is 75.7 Å². The lowest BCUT2D eigenvalue weighted by Gasteiger charge is -2.23. The Labute approximate surface area is 157 Å². The maximum absolute atomic E-state index is 12.4. The van der Waals surface area contributed by atoms with Crippen molar-refractivity contribution < 1.29 is 19.1 Å². The van der Waals surface area contributed by atoms with Crippen LogP contribution in [0.5, 0.6) is 0 Å². The van der Waals surface area contributed by atoms with Crippen LogP contribution in [0, 0.1) is 0 Å². The van der Waals surface area contributed by atoms with Crippen LogP contribution >= 0.6 is 0 Å². The molecule has 0 radical (unpaired) electrons. The van der Waals surface area contributed by atoms with E-state index in [0.717, 1.165) is 29.8 Å². The molecule has 138 valence electrons. The molecule has 0 saturated carbocycles. The molecule has 0 spiro atoms. The van der Waals surface area contributed by atoms with Crippen molar-refractivity contribution in [2.45, 2.75) is 31.9 Å². The summed E-state index contributed by atoms with van der Waals surface area (Å²) in [6, 6.07) is 14.7. The monoisotopic (exact) mass is 364 g/mol. The van der Waals surface area contributed by atoms with Crippen LogP contribution in [0.15, 0.2) is 48.5 Å². The molecule has 2 aromatic rings. The average Bonchev–Trinajstić information content (AvgIpc) is 3.12. The summed E-state index contributed by atoms with van der Waals surface area (Å²) >= 11 is 0. The van der Waals surface area contributed by atoms with Crippen molar-refractivity contribution in [1.29, 1.82) is 0 Å². The van der Waals surface area contributed by atoms with Gasteiger partial charge in [-0.1, -0.05) is 30.3 Å². The zero-order chi connectivity index (χ0) is 18.8. The summed E-state index contributed by atoms with van der Waals surface area (Å²) in [6.45, 7) is 1.09. The molecule has 2 aromatic carbocycles. The second-order valence-corrected chi connectivity index (χ2v) is 6.79. The van der Waals surface area contributed by atoms with Crippen LogP contribution in [0.2, 0.25) is 0 Å². The van der Waals surface area contributed by atoms with Crippen molar-refractivity contribution in [3.8, 4) is 0 Å². The van der Waals surface area contributed by atoms with Gasteiger partial charge in [0.15, 0.2) is 6.10 Å². The molecule has 27 heavy (non-hydrogen) atoms. The van der Waals surface area contributed by atoms with Crippen molar-refractivity contribution in [2.24, 2.45) is 0 Å².